The summed E-state index contributed by atoms with van der Waals surface area (Å²) < 4.78 is 12.9. The lowest BCUT2D eigenvalue weighted by Gasteiger charge is -2.28. The van der Waals surface area contributed by atoms with Crippen molar-refractivity contribution in [2.75, 3.05) is 6.67 Å². The smallest absolute Gasteiger partial charge is 0.312 e. The van der Waals surface area contributed by atoms with Crippen molar-refractivity contribution in [3.8, 4) is 5.75 Å². The van der Waals surface area contributed by atoms with Crippen LogP contribution in [0.25, 0.3) is 0 Å². The molecule has 1 aromatic rings. The lowest BCUT2D eigenvalue weighted by molar-refractivity contribution is -0.150. The van der Waals surface area contributed by atoms with Crippen molar-refractivity contribution >= 4 is 5.97 Å². The normalized spacial score (nSPS) is 16.4. The van der Waals surface area contributed by atoms with Gasteiger partial charge in [-0.3, -0.25) is 4.79 Å². The average Bonchev–Trinajstić information content (AvgIpc) is 2.27. The minimum absolute atomic E-state index is 0.105. The first kappa shape index (κ1) is 12.5. The molecule has 0 spiro atoms. The number of aliphatic carboxylic acids is 1. The number of rotatable bonds is 4. The molecule has 2 N–H and O–H groups in total. The summed E-state index contributed by atoms with van der Waals surface area (Å²) in [7, 11) is 0. The monoisotopic (exact) mass is 226 g/mol. The Hall–Kier alpha value is -1.58. The van der Waals surface area contributed by atoms with Gasteiger partial charge in [-0.25, -0.2) is 4.39 Å². The molecule has 0 amide bonds. The largest absolute Gasteiger partial charge is 0.508 e. The van der Waals surface area contributed by atoms with Crippen LogP contribution < -0.4 is 0 Å². The van der Waals surface area contributed by atoms with Gasteiger partial charge in [-0.15, -0.1) is 0 Å². The van der Waals surface area contributed by atoms with Crippen molar-refractivity contribution < 1.29 is 19.4 Å². The van der Waals surface area contributed by atoms with E-state index in [1.165, 1.54) is 19.1 Å². The molecule has 0 bridgehead atoms. The summed E-state index contributed by atoms with van der Waals surface area (Å²) in [4.78, 5) is 11.0. The van der Waals surface area contributed by atoms with E-state index in [1.807, 2.05) is 0 Å². The van der Waals surface area contributed by atoms with E-state index in [0.29, 0.717) is 5.56 Å². The maximum atomic E-state index is 12.9. The second-order valence-corrected chi connectivity index (χ2v) is 4.17. The molecule has 16 heavy (non-hydrogen) atoms. The lowest BCUT2D eigenvalue weighted by atomic mass is 9.75. The summed E-state index contributed by atoms with van der Waals surface area (Å²) in [5.74, 6) is -1.51. The molecule has 1 aromatic carbocycles. The van der Waals surface area contributed by atoms with Gasteiger partial charge in [0.15, 0.2) is 0 Å². The second kappa shape index (κ2) is 4.51. The van der Waals surface area contributed by atoms with Crippen LogP contribution >= 0.6 is 0 Å². The number of halogens is 1. The highest BCUT2D eigenvalue weighted by molar-refractivity contribution is 5.75. The summed E-state index contributed by atoms with van der Waals surface area (Å²) in [6.45, 7) is 2.12. The molecule has 1 rings (SSSR count). The van der Waals surface area contributed by atoms with Crippen molar-refractivity contribution in [1.29, 1.82) is 0 Å². The molecule has 0 aliphatic rings. The molecule has 0 heterocycles. The van der Waals surface area contributed by atoms with Crippen LogP contribution in [0.2, 0.25) is 0 Å². The highest BCUT2D eigenvalue weighted by atomic mass is 19.1. The Balaban J connectivity index is 3.04. The Labute approximate surface area is 93.5 Å². The molecule has 2 atom stereocenters. The highest BCUT2D eigenvalue weighted by Crippen LogP contribution is 2.36. The fourth-order valence-electron chi connectivity index (χ4n) is 1.49. The van der Waals surface area contributed by atoms with Gasteiger partial charge in [-0.2, -0.15) is 0 Å². The van der Waals surface area contributed by atoms with Gasteiger partial charge in [0, 0.05) is 0 Å². The fourth-order valence-corrected chi connectivity index (χ4v) is 1.49. The first-order chi connectivity index (χ1) is 7.41. The Morgan fingerprint density at radius 3 is 2.31 bits per heavy atom. The zero-order chi connectivity index (χ0) is 12.3. The quantitative estimate of drug-likeness (QED) is 0.829. The SMILES string of the molecule is C[C@H](c1ccc(O)cc1)[C@](C)(CF)C(=O)O. The maximum absolute atomic E-state index is 12.9. The van der Waals surface area contributed by atoms with Crippen LogP contribution in [-0.2, 0) is 4.79 Å². The van der Waals surface area contributed by atoms with E-state index in [2.05, 4.69) is 0 Å². The molecule has 0 aliphatic carbocycles. The molecule has 0 saturated heterocycles. The van der Waals surface area contributed by atoms with E-state index in [9.17, 15) is 9.18 Å². The number of carboxylic acids is 1. The van der Waals surface area contributed by atoms with Gasteiger partial charge in [0.1, 0.15) is 12.4 Å². The van der Waals surface area contributed by atoms with Gasteiger partial charge in [-0.1, -0.05) is 19.1 Å². The molecule has 3 nitrogen and oxygen atoms in total. The molecule has 0 saturated carbocycles. The third-order valence-corrected chi connectivity index (χ3v) is 3.11. The van der Waals surface area contributed by atoms with Crippen LogP contribution in [0, 0.1) is 5.41 Å². The summed E-state index contributed by atoms with van der Waals surface area (Å²) in [6.07, 6.45) is 0. The van der Waals surface area contributed by atoms with Crippen LogP contribution in [0.3, 0.4) is 0 Å². The van der Waals surface area contributed by atoms with Gasteiger partial charge < -0.3 is 10.2 Å². The molecule has 0 unspecified atom stereocenters. The molecule has 0 radical (unpaired) electrons. The van der Waals surface area contributed by atoms with Crippen LogP contribution in [0.15, 0.2) is 24.3 Å². The number of carboxylic acid groups (broad SMARTS) is 1. The molecule has 0 fully saturated rings. The van der Waals surface area contributed by atoms with Crippen molar-refractivity contribution in [1.82, 2.24) is 0 Å². The lowest BCUT2D eigenvalue weighted by Crippen LogP contribution is -2.35. The number of aromatic hydroxyl groups is 1. The highest BCUT2D eigenvalue weighted by Gasteiger charge is 2.40. The zero-order valence-electron chi connectivity index (χ0n) is 9.27. The van der Waals surface area contributed by atoms with E-state index in [1.54, 1.807) is 19.1 Å². The Morgan fingerprint density at radius 1 is 1.44 bits per heavy atom. The maximum Gasteiger partial charge on any atom is 0.312 e. The van der Waals surface area contributed by atoms with Gasteiger partial charge in [0.05, 0.1) is 5.41 Å². The first-order valence-corrected chi connectivity index (χ1v) is 5.00. The van der Waals surface area contributed by atoms with E-state index < -0.39 is 24.0 Å². The fraction of sp³-hybridized carbons (Fsp3) is 0.417. The summed E-state index contributed by atoms with van der Waals surface area (Å²) in [6, 6.07) is 6.15. The molecule has 0 aliphatic heterocycles. The Bertz CT molecular complexity index is 374. The first-order valence-electron chi connectivity index (χ1n) is 5.00. The third kappa shape index (κ3) is 2.15. The van der Waals surface area contributed by atoms with Gasteiger partial charge in [0.2, 0.25) is 0 Å². The zero-order valence-corrected chi connectivity index (χ0v) is 9.27. The predicted molar refractivity (Wildman–Crippen MR) is 58.2 cm³/mol. The predicted octanol–water partition coefficient (Wildman–Crippen LogP) is 2.56. The summed E-state index contributed by atoms with van der Waals surface area (Å²) in [5.41, 5.74) is -0.739. The van der Waals surface area contributed by atoms with Crippen LogP contribution in [-0.4, -0.2) is 22.9 Å². The van der Waals surface area contributed by atoms with Gasteiger partial charge in [-0.05, 0) is 30.5 Å². The van der Waals surface area contributed by atoms with Crippen LogP contribution in [0.4, 0.5) is 4.39 Å². The third-order valence-electron chi connectivity index (χ3n) is 3.11. The minimum atomic E-state index is -1.43. The summed E-state index contributed by atoms with van der Waals surface area (Å²) in [5, 5.41) is 18.1. The number of phenols is 1. The van der Waals surface area contributed by atoms with Crippen molar-refractivity contribution in [3.63, 3.8) is 0 Å². The van der Waals surface area contributed by atoms with E-state index in [0.717, 1.165) is 0 Å². The van der Waals surface area contributed by atoms with Crippen molar-refractivity contribution in [3.05, 3.63) is 29.8 Å². The number of carbonyl (C=O) groups is 1. The van der Waals surface area contributed by atoms with Gasteiger partial charge >= 0.3 is 5.97 Å². The molecule has 0 aromatic heterocycles. The molecular formula is C12H15FO3. The number of hydrogen-bond acceptors (Lipinski definition) is 2. The van der Waals surface area contributed by atoms with Crippen molar-refractivity contribution in [2.45, 2.75) is 19.8 Å². The number of benzene rings is 1. The van der Waals surface area contributed by atoms with Crippen LogP contribution in [0.1, 0.15) is 25.3 Å². The van der Waals surface area contributed by atoms with Crippen molar-refractivity contribution in [2.24, 2.45) is 5.41 Å². The van der Waals surface area contributed by atoms with Crippen LogP contribution in [0.5, 0.6) is 5.75 Å². The Morgan fingerprint density at radius 2 is 1.94 bits per heavy atom. The number of phenolic OH excluding ortho intramolecular Hbond substituents is 1. The Kier molecular flexibility index (Phi) is 3.52. The van der Waals surface area contributed by atoms with E-state index >= 15 is 0 Å². The van der Waals surface area contributed by atoms with E-state index in [-0.39, 0.29) is 5.75 Å². The second-order valence-electron chi connectivity index (χ2n) is 4.17. The van der Waals surface area contributed by atoms with E-state index in [4.69, 9.17) is 10.2 Å². The average molecular weight is 226 g/mol. The summed E-state index contributed by atoms with van der Waals surface area (Å²) >= 11 is 0. The molecular weight excluding hydrogens is 211 g/mol. The molecule has 4 heteroatoms. The minimum Gasteiger partial charge on any atom is -0.508 e. The van der Waals surface area contributed by atoms with Gasteiger partial charge in [0.25, 0.3) is 0 Å². The number of hydrogen-bond donors (Lipinski definition) is 2. The molecule has 88 valence electrons. The topological polar surface area (TPSA) is 57.5 Å². The standard InChI is InChI=1S/C12H15FO3/c1-8(12(2,7-13)11(15)16)9-3-5-10(14)6-4-9/h3-6,8,14H,7H2,1-2H3,(H,15,16)/t8-,12+/m1/s1. The number of alkyl halides is 1.